The maximum absolute atomic E-state index is 12.1. The standard InChI is InChI=1S/C9H16ClF2NO2/c1-9(2,3)15-8(14)13(5-4-10)6-7(11)12/h7H,4-6H2,1-3H3. The fourth-order valence-electron chi connectivity index (χ4n) is 0.852. The zero-order valence-electron chi connectivity index (χ0n) is 9.10. The molecule has 15 heavy (non-hydrogen) atoms. The number of carbonyl (C=O) groups is 1. The molecular weight excluding hydrogens is 228 g/mol. The predicted octanol–water partition coefficient (Wildman–Crippen LogP) is 2.73. The number of alkyl halides is 3. The van der Waals surface area contributed by atoms with Crippen LogP contribution in [0.1, 0.15) is 20.8 Å². The zero-order valence-corrected chi connectivity index (χ0v) is 9.85. The molecule has 6 heteroatoms. The molecule has 0 aromatic carbocycles. The molecule has 0 aromatic heterocycles. The summed E-state index contributed by atoms with van der Waals surface area (Å²) in [6.45, 7) is 4.42. The molecule has 0 spiro atoms. The number of ether oxygens (including phenoxy) is 1. The van der Waals surface area contributed by atoms with Crippen molar-refractivity contribution < 1.29 is 18.3 Å². The van der Waals surface area contributed by atoms with E-state index in [-0.39, 0.29) is 12.4 Å². The van der Waals surface area contributed by atoms with Gasteiger partial charge >= 0.3 is 6.09 Å². The van der Waals surface area contributed by atoms with Crippen molar-refractivity contribution in [1.82, 2.24) is 4.90 Å². The Morgan fingerprint density at radius 2 is 2.00 bits per heavy atom. The van der Waals surface area contributed by atoms with Gasteiger partial charge in [-0.3, -0.25) is 0 Å². The molecule has 0 aromatic rings. The molecule has 0 bridgehead atoms. The van der Waals surface area contributed by atoms with Gasteiger partial charge in [-0.25, -0.2) is 13.6 Å². The van der Waals surface area contributed by atoms with E-state index in [2.05, 4.69) is 0 Å². The number of halogens is 3. The molecule has 0 fully saturated rings. The first kappa shape index (κ1) is 14.4. The second kappa shape index (κ2) is 6.10. The van der Waals surface area contributed by atoms with Gasteiger partial charge in [0.05, 0.1) is 6.54 Å². The average Bonchev–Trinajstić information content (AvgIpc) is 1.99. The Kier molecular flexibility index (Phi) is 5.87. The van der Waals surface area contributed by atoms with Crippen LogP contribution >= 0.6 is 11.6 Å². The summed E-state index contributed by atoms with van der Waals surface area (Å²) >= 11 is 5.40. The Bertz CT molecular complexity index is 207. The van der Waals surface area contributed by atoms with Gasteiger partial charge in [-0.05, 0) is 20.8 Å². The van der Waals surface area contributed by atoms with Crippen molar-refractivity contribution in [1.29, 1.82) is 0 Å². The minimum Gasteiger partial charge on any atom is -0.444 e. The van der Waals surface area contributed by atoms with Crippen LogP contribution in [0.5, 0.6) is 0 Å². The van der Waals surface area contributed by atoms with E-state index in [9.17, 15) is 13.6 Å². The molecule has 0 heterocycles. The van der Waals surface area contributed by atoms with Crippen LogP contribution in [0.4, 0.5) is 13.6 Å². The van der Waals surface area contributed by atoms with Crippen molar-refractivity contribution in [3.63, 3.8) is 0 Å². The summed E-state index contributed by atoms with van der Waals surface area (Å²) in [5.41, 5.74) is -0.691. The molecule has 0 saturated heterocycles. The van der Waals surface area contributed by atoms with Gasteiger partial charge in [0.2, 0.25) is 0 Å². The first-order valence-electron chi connectivity index (χ1n) is 4.58. The van der Waals surface area contributed by atoms with E-state index < -0.39 is 24.7 Å². The van der Waals surface area contributed by atoms with Crippen molar-refractivity contribution in [2.24, 2.45) is 0 Å². The Balaban J connectivity index is 4.28. The van der Waals surface area contributed by atoms with Crippen LogP contribution in [-0.4, -0.2) is 42.0 Å². The molecule has 0 aliphatic rings. The van der Waals surface area contributed by atoms with E-state index >= 15 is 0 Å². The fraction of sp³-hybridized carbons (Fsp3) is 0.889. The highest BCUT2D eigenvalue weighted by Gasteiger charge is 2.23. The zero-order chi connectivity index (χ0) is 12.1. The minimum absolute atomic E-state index is 0.0564. The highest BCUT2D eigenvalue weighted by atomic mass is 35.5. The van der Waals surface area contributed by atoms with Crippen molar-refractivity contribution in [2.75, 3.05) is 19.0 Å². The summed E-state index contributed by atoms with van der Waals surface area (Å²) in [6.07, 6.45) is -3.34. The van der Waals surface area contributed by atoms with Gasteiger partial charge in [0.25, 0.3) is 6.43 Å². The topological polar surface area (TPSA) is 29.5 Å². The predicted molar refractivity (Wildman–Crippen MR) is 54.5 cm³/mol. The molecule has 0 saturated carbocycles. The maximum Gasteiger partial charge on any atom is 0.410 e. The van der Waals surface area contributed by atoms with E-state index in [4.69, 9.17) is 16.3 Å². The SMILES string of the molecule is CC(C)(C)OC(=O)N(CCCl)CC(F)F. The number of nitrogens with zero attached hydrogens (tertiary/aromatic N) is 1. The van der Waals surface area contributed by atoms with Crippen LogP contribution in [-0.2, 0) is 4.74 Å². The highest BCUT2D eigenvalue weighted by Crippen LogP contribution is 2.11. The third-order valence-electron chi connectivity index (χ3n) is 1.36. The summed E-state index contributed by atoms with van der Waals surface area (Å²) in [5.74, 6) is 0.103. The van der Waals surface area contributed by atoms with E-state index in [0.717, 1.165) is 4.90 Å². The lowest BCUT2D eigenvalue weighted by molar-refractivity contribution is 0.0118. The molecule has 1 amide bonds. The Morgan fingerprint density at radius 1 is 1.47 bits per heavy atom. The molecular formula is C9H16ClF2NO2. The summed E-state index contributed by atoms with van der Waals surface area (Å²) in [7, 11) is 0. The number of rotatable bonds is 4. The van der Waals surface area contributed by atoms with Crippen LogP contribution in [0.25, 0.3) is 0 Å². The molecule has 0 aliphatic heterocycles. The summed E-state index contributed by atoms with van der Waals surface area (Å²) in [6, 6.07) is 0. The molecule has 0 radical (unpaired) electrons. The smallest absolute Gasteiger partial charge is 0.410 e. The monoisotopic (exact) mass is 243 g/mol. The van der Waals surface area contributed by atoms with Gasteiger partial charge < -0.3 is 9.64 Å². The van der Waals surface area contributed by atoms with E-state index in [1.807, 2.05) is 0 Å². The Morgan fingerprint density at radius 3 is 2.33 bits per heavy atom. The van der Waals surface area contributed by atoms with Gasteiger partial charge in [-0.2, -0.15) is 0 Å². The van der Waals surface area contributed by atoms with E-state index in [1.165, 1.54) is 0 Å². The van der Waals surface area contributed by atoms with Gasteiger partial charge in [0, 0.05) is 12.4 Å². The van der Waals surface area contributed by atoms with Gasteiger partial charge in [0.15, 0.2) is 0 Å². The van der Waals surface area contributed by atoms with Gasteiger partial charge in [-0.1, -0.05) is 0 Å². The number of carbonyl (C=O) groups excluding carboxylic acids is 1. The molecule has 3 nitrogen and oxygen atoms in total. The van der Waals surface area contributed by atoms with Gasteiger partial charge in [0.1, 0.15) is 5.60 Å². The van der Waals surface area contributed by atoms with Crippen molar-refractivity contribution in [2.45, 2.75) is 32.8 Å². The normalized spacial score (nSPS) is 11.7. The molecule has 0 atom stereocenters. The second-order valence-electron chi connectivity index (χ2n) is 4.01. The molecule has 0 unspecified atom stereocenters. The average molecular weight is 244 g/mol. The fourth-order valence-corrected chi connectivity index (χ4v) is 1.06. The number of hydrogen-bond donors (Lipinski definition) is 0. The third kappa shape index (κ3) is 7.36. The number of amides is 1. The van der Waals surface area contributed by atoms with Crippen molar-refractivity contribution in [3.8, 4) is 0 Å². The summed E-state index contributed by atoms with van der Waals surface area (Å²) < 4.78 is 29.2. The van der Waals surface area contributed by atoms with Crippen molar-refractivity contribution in [3.05, 3.63) is 0 Å². The lowest BCUT2D eigenvalue weighted by Gasteiger charge is -2.26. The molecule has 0 rings (SSSR count). The van der Waals surface area contributed by atoms with E-state index in [0.29, 0.717) is 0 Å². The largest absolute Gasteiger partial charge is 0.444 e. The van der Waals surface area contributed by atoms with Crippen LogP contribution in [0, 0.1) is 0 Å². The quantitative estimate of drug-likeness (QED) is 0.711. The van der Waals surface area contributed by atoms with E-state index in [1.54, 1.807) is 20.8 Å². The Labute approximate surface area is 93.3 Å². The molecule has 90 valence electrons. The molecule has 0 N–H and O–H groups in total. The van der Waals surface area contributed by atoms with Crippen LogP contribution in [0.2, 0.25) is 0 Å². The van der Waals surface area contributed by atoms with Crippen LogP contribution in [0.15, 0.2) is 0 Å². The lowest BCUT2D eigenvalue weighted by atomic mass is 10.2. The van der Waals surface area contributed by atoms with Crippen molar-refractivity contribution >= 4 is 17.7 Å². The summed E-state index contributed by atoms with van der Waals surface area (Å²) in [4.78, 5) is 12.3. The Hall–Kier alpha value is -0.580. The lowest BCUT2D eigenvalue weighted by Crippen LogP contribution is -2.40. The first-order chi connectivity index (χ1) is 6.76. The summed E-state index contributed by atoms with van der Waals surface area (Å²) in [5, 5.41) is 0. The van der Waals surface area contributed by atoms with Crippen LogP contribution in [0.3, 0.4) is 0 Å². The van der Waals surface area contributed by atoms with Gasteiger partial charge in [-0.15, -0.1) is 11.6 Å². The molecule has 0 aliphatic carbocycles. The first-order valence-corrected chi connectivity index (χ1v) is 5.11. The highest BCUT2D eigenvalue weighted by molar-refractivity contribution is 6.18. The van der Waals surface area contributed by atoms with Crippen LogP contribution < -0.4 is 0 Å². The third-order valence-corrected chi connectivity index (χ3v) is 1.53. The minimum atomic E-state index is -2.58. The maximum atomic E-state index is 12.1. The number of hydrogen-bond acceptors (Lipinski definition) is 2. The second-order valence-corrected chi connectivity index (χ2v) is 4.38.